The van der Waals surface area contributed by atoms with Crippen LogP contribution in [0.25, 0.3) is 21.7 Å². The van der Waals surface area contributed by atoms with Gasteiger partial charge in [-0.2, -0.15) is 0 Å². The van der Waals surface area contributed by atoms with Crippen LogP contribution in [0.2, 0.25) is 0 Å². The van der Waals surface area contributed by atoms with Crippen molar-refractivity contribution in [2.45, 2.75) is 33.2 Å². The molecule has 0 radical (unpaired) electrons. The Balaban J connectivity index is 1.51. The molecule has 1 aliphatic rings. The lowest BCUT2D eigenvalue weighted by atomic mass is 10.1. The van der Waals surface area contributed by atoms with E-state index in [9.17, 15) is 4.79 Å². The quantitative estimate of drug-likeness (QED) is 0.456. The second kappa shape index (κ2) is 8.24. The first kappa shape index (κ1) is 19.9. The summed E-state index contributed by atoms with van der Waals surface area (Å²) in [6, 6.07) is 13.9. The average molecular weight is 433 g/mol. The summed E-state index contributed by atoms with van der Waals surface area (Å²) in [5.74, 6) is -0.179. The molecule has 0 unspecified atom stereocenters. The van der Waals surface area contributed by atoms with Crippen molar-refractivity contribution in [3.63, 3.8) is 0 Å². The number of carbonyl (C=O) groups is 1. The summed E-state index contributed by atoms with van der Waals surface area (Å²) in [6.45, 7) is 6.94. The zero-order chi connectivity index (χ0) is 21.4. The molecule has 1 saturated heterocycles. The van der Waals surface area contributed by atoms with E-state index in [4.69, 9.17) is 4.52 Å². The highest BCUT2D eigenvalue weighted by Crippen LogP contribution is 2.31. The van der Waals surface area contributed by atoms with Crippen LogP contribution in [0.3, 0.4) is 0 Å². The van der Waals surface area contributed by atoms with Crippen molar-refractivity contribution in [2.75, 3.05) is 18.4 Å². The number of nitrogens with one attached hydrogen (secondary N) is 1. The maximum absolute atomic E-state index is 13.4. The number of nitrogens with zero attached hydrogens (tertiary/aromatic N) is 3. The lowest BCUT2D eigenvalue weighted by molar-refractivity contribution is 0.102. The molecule has 4 aromatic rings. The smallest absolute Gasteiger partial charge is 0.259 e. The highest BCUT2D eigenvalue weighted by atomic mass is 32.1. The van der Waals surface area contributed by atoms with Gasteiger partial charge in [-0.15, -0.1) is 11.3 Å². The zero-order valence-electron chi connectivity index (χ0n) is 17.6. The van der Waals surface area contributed by atoms with Gasteiger partial charge in [0.05, 0.1) is 27.2 Å². The van der Waals surface area contributed by atoms with Crippen LogP contribution in [0.15, 0.2) is 47.0 Å². The summed E-state index contributed by atoms with van der Waals surface area (Å²) in [5.41, 5.74) is 4.26. The van der Waals surface area contributed by atoms with Crippen LogP contribution >= 0.6 is 11.3 Å². The molecule has 0 spiro atoms. The molecule has 7 heteroatoms. The molecule has 5 rings (SSSR count). The van der Waals surface area contributed by atoms with Gasteiger partial charge in [-0.3, -0.25) is 9.69 Å². The van der Waals surface area contributed by atoms with Crippen molar-refractivity contribution in [3.8, 4) is 10.6 Å². The van der Waals surface area contributed by atoms with E-state index >= 15 is 0 Å². The first-order valence-electron chi connectivity index (χ1n) is 10.5. The van der Waals surface area contributed by atoms with E-state index in [1.165, 1.54) is 17.7 Å². The first-order chi connectivity index (χ1) is 15.1. The van der Waals surface area contributed by atoms with Gasteiger partial charge in [0.1, 0.15) is 0 Å². The maximum Gasteiger partial charge on any atom is 0.259 e. The van der Waals surface area contributed by atoms with E-state index in [1.807, 2.05) is 43.3 Å². The molecule has 6 nitrogen and oxygen atoms in total. The minimum absolute atomic E-state index is 0.179. The Morgan fingerprint density at radius 1 is 1.16 bits per heavy atom. The number of benzene rings is 1. The van der Waals surface area contributed by atoms with E-state index in [-0.39, 0.29) is 5.91 Å². The Labute approximate surface area is 184 Å². The van der Waals surface area contributed by atoms with Crippen molar-refractivity contribution >= 4 is 34.0 Å². The molecule has 0 bridgehead atoms. The van der Waals surface area contributed by atoms with Crippen LogP contribution in [-0.4, -0.2) is 34.0 Å². The summed E-state index contributed by atoms with van der Waals surface area (Å²) in [6.07, 6.45) is 2.47. The van der Waals surface area contributed by atoms with E-state index in [0.717, 1.165) is 41.5 Å². The second-order valence-electron chi connectivity index (χ2n) is 8.01. The zero-order valence-corrected chi connectivity index (χ0v) is 18.5. The third-order valence-corrected chi connectivity index (χ3v) is 6.74. The third kappa shape index (κ3) is 3.98. The standard InChI is InChI=1S/C24H24N4O2S/c1-15-9-10-21(31-15)20-13-18(22-16(2)27-30-24(22)26-20)23(29)25-19-8-4-3-7-17(19)14-28-11-5-6-12-28/h3-4,7-10,13H,5-6,11-12,14H2,1-2H3,(H,25,29). The molecule has 1 aliphatic heterocycles. The van der Waals surface area contributed by atoms with E-state index in [0.29, 0.717) is 22.4 Å². The summed E-state index contributed by atoms with van der Waals surface area (Å²) >= 11 is 1.64. The molecule has 1 N–H and O–H groups in total. The number of para-hydroxylation sites is 1. The third-order valence-electron chi connectivity index (χ3n) is 5.71. The largest absolute Gasteiger partial charge is 0.335 e. The summed E-state index contributed by atoms with van der Waals surface area (Å²) in [7, 11) is 0. The van der Waals surface area contributed by atoms with Crippen molar-refractivity contribution in [1.82, 2.24) is 15.0 Å². The molecule has 158 valence electrons. The highest BCUT2D eigenvalue weighted by molar-refractivity contribution is 7.15. The van der Waals surface area contributed by atoms with Crippen LogP contribution in [-0.2, 0) is 6.54 Å². The normalized spacial score (nSPS) is 14.4. The van der Waals surface area contributed by atoms with E-state index in [2.05, 4.69) is 33.3 Å². The molecule has 0 atom stereocenters. The number of hydrogen-bond donors (Lipinski definition) is 1. The Kier molecular flexibility index (Phi) is 5.29. The van der Waals surface area contributed by atoms with Gasteiger partial charge in [-0.05, 0) is 69.6 Å². The maximum atomic E-state index is 13.4. The van der Waals surface area contributed by atoms with Gasteiger partial charge < -0.3 is 9.84 Å². The summed E-state index contributed by atoms with van der Waals surface area (Å²) in [5, 5.41) is 7.84. The fourth-order valence-electron chi connectivity index (χ4n) is 4.12. The second-order valence-corrected chi connectivity index (χ2v) is 9.30. The molecular formula is C24H24N4O2S. The topological polar surface area (TPSA) is 71.3 Å². The Bertz CT molecular complexity index is 1250. The fraction of sp³-hybridized carbons (Fsp3) is 0.292. The Hall–Kier alpha value is -3.03. The van der Waals surface area contributed by atoms with E-state index < -0.39 is 0 Å². The van der Waals surface area contributed by atoms with Crippen LogP contribution < -0.4 is 5.32 Å². The number of amides is 1. The van der Waals surface area contributed by atoms with Crippen molar-refractivity contribution < 1.29 is 9.32 Å². The molecule has 3 aromatic heterocycles. The van der Waals surface area contributed by atoms with Crippen LogP contribution in [0, 0.1) is 13.8 Å². The highest BCUT2D eigenvalue weighted by Gasteiger charge is 2.21. The van der Waals surface area contributed by atoms with Gasteiger partial charge in [0, 0.05) is 17.1 Å². The van der Waals surface area contributed by atoms with Crippen molar-refractivity contribution in [3.05, 3.63) is 64.2 Å². The van der Waals surface area contributed by atoms with Gasteiger partial charge in [0.15, 0.2) is 0 Å². The lowest BCUT2D eigenvalue weighted by Gasteiger charge is -2.18. The van der Waals surface area contributed by atoms with Gasteiger partial charge >= 0.3 is 0 Å². The molecule has 1 amide bonds. The first-order valence-corrected chi connectivity index (χ1v) is 11.4. The number of anilines is 1. The Morgan fingerprint density at radius 2 is 1.97 bits per heavy atom. The molecule has 0 aliphatic carbocycles. The number of likely N-dealkylation sites (tertiary alicyclic amines) is 1. The number of hydrogen-bond acceptors (Lipinski definition) is 6. The van der Waals surface area contributed by atoms with Crippen LogP contribution in [0.1, 0.15) is 39.3 Å². The number of fused-ring (bicyclic) bond motifs is 1. The predicted molar refractivity (Wildman–Crippen MR) is 123 cm³/mol. The number of thiophene rings is 1. The number of aromatic nitrogens is 2. The van der Waals surface area contributed by atoms with Gasteiger partial charge in [-0.25, -0.2) is 4.98 Å². The number of aryl methyl sites for hydroxylation is 2. The number of carbonyl (C=O) groups excluding carboxylic acids is 1. The molecular weight excluding hydrogens is 408 g/mol. The van der Waals surface area contributed by atoms with Gasteiger partial charge in [0.2, 0.25) is 0 Å². The van der Waals surface area contributed by atoms with E-state index in [1.54, 1.807) is 11.3 Å². The molecule has 31 heavy (non-hydrogen) atoms. The van der Waals surface area contributed by atoms with Crippen molar-refractivity contribution in [1.29, 1.82) is 0 Å². The summed E-state index contributed by atoms with van der Waals surface area (Å²) < 4.78 is 5.43. The molecule has 4 heterocycles. The lowest BCUT2D eigenvalue weighted by Crippen LogP contribution is -2.20. The SMILES string of the molecule is Cc1ccc(-c2cc(C(=O)Nc3ccccc3CN3CCCC3)c3c(C)noc3n2)s1. The van der Waals surface area contributed by atoms with Crippen LogP contribution in [0.4, 0.5) is 5.69 Å². The fourth-order valence-corrected chi connectivity index (χ4v) is 4.95. The Morgan fingerprint density at radius 3 is 2.74 bits per heavy atom. The van der Waals surface area contributed by atoms with Crippen LogP contribution in [0.5, 0.6) is 0 Å². The molecule has 1 fully saturated rings. The number of rotatable bonds is 5. The van der Waals surface area contributed by atoms with Gasteiger partial charge in [-0.1, -0.05) is 23.4 Å². The van der Waals surface area contributed by atoms with Gasteiger partial charge in [0.25, 0.3) is 11.6 Å². The number of pyridine rings is 1. The molecule has 0 saturated carbocycles. The molecule has 1 aromatic carbocycles. The predicted octanol–water partition coefficient (Wildman–Crippen LogP) is 5.42. The monoisotopic (exact) mass is 432 g/mol. The minimum Gasteiger partial charge on any atom is -0.335 e. The van der Waals surface area contributed by atoms with Crippen molar-refractivity contribution in [2.24, 2.45) is 0 Å². The summed E-state index contributed by atoms with van der Waals surface area (Å²) in [4.78, 5) is 22.7. The average Bonchev–Trinajstić information content (AvgIpc) is 3.51. The minimum atomic E-state index is -0.179.